The van der Waals surface area contributed by atoms with Crippen LogP contribution in [-0.2, 0) is 0 Å². The number of pyridine rings is 1. The van der Waals surface area contributed by atoms with Crippen LogP contribution in [0.25, 0.3) is 0 Å². The van der Waals surface area contributed by atoms with Gasteiger partial charge in [0, 0.05) is 19.3 Å². The van der Waals surface area contributed by atoms with Gasteiger partial charge in [0.2, 0.25) is 0 Å². The molecule has 0 radical (unpaired) electrons. The number of hydrogen-bond donors (Lipinski definition) is 0. The van der Waals surface area contributed by atoms with E-state index in [0.29, 0.717) is 23.1 Å². The Morgan fingerprint density at radius 1 is 1.56 bits per heavy atom. The van der Waals surface area contributed by atoms with Gasteiger partial charge in [-0.25, -0.2) is 4.98 Å². The Balaban J connectivity index is 2.06. The molecule has 0 saturated carbocycles. The van der Waals surface area contributed by atoms with Gasteiger partial charge in [0.1, 0.15) is 11.8 Å². The fourth-order valence-electron chi connectivity index (χ4n) is 2.26. The Kier molecular flexibility index (Phi) is 3.61. The molecule has 0 aromatic carbocycles. The third-order valence-corrected chi connectivity index (χ3v) is 3.57. The minimum absolute atomic E-state index is 0.0253. The quantitative estimate of drug-likeness (QED) is 0.799. The van der Waals surface area contributed by atoms with Crippen molar-refractivity contribution in [2.75, 3.05) is 13.1 Å². The summed E-state index contributed by atoms with van der Waals surface area (Å²) in [7, 11) is 0. The minimum Gasteiger partial charge on any atom is -0.337 e. The zero-order valence-electron chi connectivity index (χ0n) is 10.8. The lowest BCUT2D eigenvalue weighted by Gasteiger charge is -2.17. The fraction of sp³-hybridized carbons (Fsp3) is 0.500. The lowest BCUT2D eigenvalue weighted by Crippen LogP contribution is -2.30. The van der Waals surface area contributed by atoms with E-state index in [9.17, 15) is 4.79 Å². The molecule has 1 unspecified atom stereocenters. The van der Waals surface area contributed by atoms with Gasteiger partial charge in [-0.05, 0) is 30.4 Å². The van der Waals surface area contributed by atoms with Crippen LogP contribution < -0.4 is 0 Å². The molecule has 1 aliphatic rings. The lowest BCUT2D eigenvalue weighted by molar-refractivity contribution is 0.0778. The monoisotopic (exact) mass is 243 g/mol. The summed E-state index contributed by atoms with van der Waals surface area (Å²) in [5.41, 5.74) is 0.909. The van der Waals surface area contributed by atoms with Gasteiger partial charge in [-0.2, -0.15) is 5.26 Å². The number of nitriles is 1. The second-order valence-electron chi connectivity index (χ2n) is 5.09. The van der Waals surface area contributed by atoms with Crippen LogP contribution in [0.1, 0.15) is 36.3 Å². The molecule has 2 heterocycles. The molecule has 4 heteroatoms. The predicted octanol–water partition coefficient (Wildman–Crippen LogP) is 2.07. The molecule has 0 spiro atoms. The van der Waals surface area contributed by atoms with Gasteiger partial charge in [-0.1, -0.05) is 13.8 Å². The molecule has 0 bridgehead atoms. The average molecular weight is 243 g/mol. The van der Waals surface area contributed by atoms with Crippen LogP contribution in [0.5, 0.6) is 0 Å². The van der Waals surface area contributed by atoms with E-state index in [1.165, 1.54) is 6.20 Å². The summed E-state index contributed by atoms with van der Waals surface area (Å²) in [5, 5.41) is 8.69. The normalized spacial score (nSPS) is 19.0. The fourth-order valence-corrected chi connectivity index (χ4v) is 2.26. The number of carbonyl (C=O) groups excluding carboxylic acids is 1. The molecular formula is C14H17N3O. The van der Waals surface area contributed by atoms with Crippen LogP contribution in [0, 0.1) is 23.2 Å². The molecule has 2 rings (SSSR count). The summed E-state index contributed by atoms with van der Waals surface area (Å²) in [6.45, 7) is 6.01. The molecular weight excluding hydrogens is 226 g/mol. The lowest BCUT2D eigenvalue weighted by atomic mass is 9.95. The van der Waals surface area contributed by atoms with Crippen molar-refractivity contribution in [2.24, 2.45) is 11.8 Å². The highest BCUT2D eigenvalue weighted by molar-refractivity contribution is 5.92. The first-order valence-electron chi connectivity index (χ1n) is 6.27. The average Bonchev–Trinajstić information content (AvgIpc) is 2.88. The second-order valence-corrected chi connectivity index (χ2v) is 5.09. The molecule has 1 fully saturated rings. The van der Waals surface area contributed by atoms with Crippen molar-refractivity contribution in [3.8, 4) is 6.07 Å². The topological polar surface area (TPSA) is 57.0 Å². The van der Waals surface area contributed by atoms with Crippen LogP contribution >= 0.6 is 0 Å². The second kappa shape index (κ2) is 5.18. The molecule has 18 heavy (non-hydrogen) atoms. The van der Waals surface area contributed by atoms with Crippen LogP contribution in [-0.4, -0.2) is 28.9 Å². The van der Waals surface area contributed by atoms with Crippen molar-refractivity contribution < 1.29 is 4.79 Å². The molecule has 1 amide bonds. The van der Waals surface area contributed by atoms with Gasteiger partial charge >= 0.3 is 0 Å². The van der Waals surface area contributed by atoms with Crippen molar-refractivity contribution in [2.45, 2.75) is 20.3 Å². The molecule has 94 valence electrons. The van der Waals surface area contributed by atoms with Crippen molar-refractivity contribution in [3.63, 3.8) is 0 Å². The van der Waals surface area contributed by atoms with Crippen molar-refractivity contribution >= 4 is 5.91 Å². The van der Waals surface area contributed by atoms with E-state index in [-0.39, 0.29) is 5.91 Å². The van der Waals surface area contributed by atoms with Gasteiger partial charge in [-0.3, -0.25) is 4.79 Å². The van der Waals surface area contributed by atoms with Crippen molar-refractivity contribution in [3.05, 3.63) is 29.6 Å². The van der Waals surface area contributed by atoms with Crippen LogP contribution in [0.3, 0.4) is 0 Å². The van der Waals surface area contributed by atoms with Crippen LogP contribution in [0.4, 0.5) is 0 Å². The van der Waals surface area contributed by atoms with E-state index >= 15 is 0 Å². The molecule has 0 N–H and O–H groups in total. The Morgan fingerprint density at radius 3 is 2.83 bits per heavy atom. The maximum absolute atomic E-state index is 12.2. The molecule has 0 aliphatic carbocycles. The van der Waals surface area contributed by atoms with Gasteiger partial charge in [0.25, 0.3) is 5.91 Å². The maximum Gasteiger partial charge on any atom is 0.272 e. The van der Waals surface area contributed by atoms with Crippen molar-refractivity contribution in [1.29, 1.82) is 5.26 Å². The third kappa shape index (κ3) is 2.51. The summed E-state index contributed by atoms with van der Waals surface area (Å²) in [6, 6.07) is 5.26. The van der Waals surface area contributed by atoms with E-state index in [1.54, 1.807) is 12.1 Å². The van der Waals surface area contributed by atoms with Gasteiger partial charge in [0.15, 0.2) is 0 Å². The summed E-state index contributed by atoms with van der Waals surface area (Å²) >= 11 is 0. The van der Waals surface area contributed by atoms with Gasteiger partial charge in [0.05, 0.1) is 5.56 Å². The maximum atomic E-state index is 12.2. The third-order valence-electron chi connectivity index (χ3n) is 3.57. The number of likely N-dealkylation sites (tertiary alicyclic amines) is 1. The number of hydrogen-bond acceptors (Lipinski definition) is 3. The Labute approximate surface area is 107 Å². The molecule has 1 aromatic rings. The standard InChI is InChI=1S/C14H17N3O/c1-10(2)12-5-6-17(9-12)14(18)13-4-3-11(7-15)8-16-13/h3-4,8,10,12H,5-6,9H2,1-2H3. The molecule has 1 atom stereocenters. The number of carbonyl (C=O) groups is 1. The van der Waals surface area contributed by atoms with E-state index < -0.39 is 0 Å². The highest BCUT2D eigenvalue weighted by atomic mass is 16.2. The van der Waals surface area contributed by atoms with Gasteiger partial charge in [-0.15, -0.1) is 0 Å². The van der Waals surface area contributed by atoms with E-state index in [0.717, 1.165) is 19.5 Å². The SMILES string of the molecule is CC(C)C1CCN(C(=O)c2ccc(C#N)cn2)C1. The summed E-state index contributed by atoms with van der Waals surface area (Å²) in [4.78, 5) is 18.1. The van der Waals surface area contributed by atoms with Gasteiger partial charge < -0.3 is 4.90 Å². The summed E-state index contributed by atoms with van der Waals surface area (Å²) in [5.74, 6) is 1.17. The van der Waals surface area contributed by atoms with Crippen molar-refractivity contribution in [1.82, 2.24) is 9.88 Å². The zero-order chi connectivity index (χ0) is 13.1. The van der Waals surface area contributed by atoms with E-state index in [1.807, 2.05) is 11.0 Å². The molecule has 1 saturated heterocycles. The number of amides is 1. The molecule has 1 aliphatic heterocycles. The van der Waals surface area contributed by atoms with Crippen LogP contribution in [0.2, 0.25) is 0 Å². The zero-order valence-corrected chi connectivity index (χ0v) is 10.8. The van der Waals surface area contributed by atoms with E-state index in [2.05, 4.69) is 18.8 Å². The Morgan fingerprint density at radius 2 is 2.33 bits per heavy atom. The van der Waals surface area contributed by atoms with E-state index in [4.69, 9.17) is 5.26 Å². The number of aromatic nitrogens is 1. The molecule has 4 nitrogen and oxygen atoms in total. The number of nitrogens with zero attached hydrogens (tertiary/aromatic N) is 3. The summed E-state index contributed by atoms with van der Waals surface area (Å²) < 4.78 is 0. The Bertz CT molecular complexity index is 473. The minimum atomic E-state index is -0.0253. The summed E-state index contributed by atoms with van der Waals surface area (Å²) in [6.07, 6.45) is 2.52. The predicted molar refractivity (Wildman–Crippen MR) is 67.8 cm³/mol. The largest absolute Gasteiger partial charge is 0.337 e. The highest BCUT2D eigenvalue weighted by Crippen LogP contribution is 2.24. The first kappa shape index (κ1) is 12.6. The number of rotatable bonds is 2. The first-order valence-corrected chi connectivity index (χ1v) is 6.27. The molecule has 1 aromatic heterocycles. The van der Waals surface area contributed by atoms with Crippen LogP contribution in [0.15, 0.2) is 18.3 Å². The smallest absolute Gasteiger partial charge is 0.272 e. The first-order chi connectivity index (χ1) is 8.61. The highest BCUT2D eigenvalue weighted by Gasteiger charge is 2.29. The Hall–Kier alpha value is -1.89.